The number of fused-ring (bicyclic) bond motifs is 1. The summed E-state index contributed by atoms with van der Waals surface area (Å²) < 4.78 is 47.8. The van der Waals surface area contributed by atoms with Gasteiger partial charge in [0, 0.05) is 56.9 Å². The average molecular weight is 563 g/mol. The second-order valence-corrected chi connectivity index (χ2v) is 16.8. The molecule has 2 aromatic heterocycles. The number of amides is 2. The Kier molecular flexibility index (Phi) is 8.23. The molecule has 0 spiro atoms. The number of carbonyl (C=O) groups is 2. The van der Waals surface area contributed by atoms with E-state index in [0.29, 0.717) is 26.4 Å². The van der Waals surface area contributed by atoms with E-state index in [-0.39, 0.29) is 40.2 Å². The molecular formula is C26H32F2N4O6Si. The minimum atomic E-state index is -1.32. The molecule has 3 N–H and O–H groups in total. The van der Waals surface area contributed by atoms with Gasteiger partial charge in [-0.05, 0) is 12.1 Å². The van der Waals surface area contributed by atoms with Crippen LogP contribution in [-0.4, -0.2) is 61.1 Å². The lowest BCUT2D eigenvalue weighted by Gasteiger charge is -2.37. The van der Waals surface area contributed by atoms with Gasteiger partial charge in [0.25, 0.3) is 0 Å². The Morgan fingerprint density at radius 1 is 1.23 bits per heavy atom. The molecule has 10 nitrogen and oxygen atoms in total. The van der Waals surface area contributed by atoms with Gasteiger partial charge in [0.1, 0.15) is 18.1 Å². The molecule has 3 heterocycles. The minimum absolute atomic E-state index is 0.0576. The summed E-state index contributed by atoms with van der Waals surface area (Å²) in [5, 5.41) is 14.9. The van der Waals surface area contributed by atoms with E-state index in [2.05, 4.69) is 35.3 Å². The van der Waals surface area contributed by atoms with Crippen LogP contribution in [0.25, 0.3) is 11.0 Å². The van der Waals surface area contributed by atoms with E-state index >= 15 is 0 Å². The predicted octanol–water partition coefficient (Wildman–Crippen LogP) is 5.28. The molecule has 2 amide bonds. The number of hydrogen-bond acceptors (Lipinski definition) is 6. The van der Waals surface area contributed by atoms with E-state index in [9.17, 15) is 23.5 Å². The van der Waals surface area contributed by atoms with Gasteiger partial charge >= 0.3 is 12.0 Å². The summed E-state index contributed by atoms with van der Waals surface area (Å²) in [5.41, 5.74) is -0.199. The molecular weight excluding hydrogens is 530 g/mol. The zero-order valence-corrected chi connectivity index (χ0v) is 23.3. The monoisotopic (exact) mass is 562 g/mol. The van der Waals surface area contributed by atoms with Crippen LogP contribution in [0.15, 0.2) is 30.6 Å². The molecule has 0 unspecified atom stereocenters. The highest BCUT2D eigenvalue weighted by atomic mass is 28.3. The molecule has 0 aliphatic carbocycles. The first-order valence-corrected chi connectivity index (χ1v) is 16.1. The maximum Gasteiger partial charge on any atom is 0.338 e. The summed E-state index contributed by atoms with van der Waals surface area (Å²) >= 11 is 0. The number of carboxylic acid groups (broad SMARTS) is 1. The third-order valence-electron chi connectivity index (χ3n) is 6.22. The summed E-state index contributed by atoms with van der Waals surface area (Å²) in [5.74, 6) is -4.26. The minimum Gasteiger partial charge on any atom is -0.478 e. The number of benzene rings is 1. The SMILES string of the molecule is CC1(CNC(=O)Nc2cc(F)c(Oc3ccnc4c3c(C(=O)O)cn4COCC[Si](C)(C)C)c(F)c2)COC1. The van der Waals surface area contributed by atoms with Crippen LogP contribution in [0.4, 0.5) is 19.3 Å². The highest BCUT2D eigenvalue weighted by Gasteiger charge is 2.33. The molecule has 13 heteroatoms. The molecule has 0 bridgehead atoms. The Hall–Kier alpha value is -3.55. The van der Waals surface area contributed by atoms with E-state index in [1.807, 2.05) is 6.92 Å². The first kappa shape index (κ1) is 28.5. The maximum atomic E-state index is 14.9. The second-order valence-electron chi connectivity index (χ2n) is 11.2. The first-order valence-electron chi connectivity index (χ1n) is 12.4. The van der Waals surface area contributed by atoms with Gasteiger partial charge in [-0.15, -0.1) is 0 Å². The molecule has 210 valence electrons. The van der Waals surface area contributed by atoms with Crippen LogP contribution >= 0.6 is 0 Å². The van der Waals surface area contributed by atoms with Gasteiger partial charge in [0.15, 0.2) is 17.4 Å². The smallest absolute Gasteiger partial charge is 0.338 e. The lowest BCUT2D eigenvalue weighted by molar-refractivity contribution is -0.0974. The molecule has 1 saturated heterocycles. The van der Waals surface area contributed by atoms with Crippen molar-refractivity contribution in [3.8, 4) is 11.5 Å². The summed E-state index contributed by atoms with van der Waals surface area (Å²) in [4.78, 5) is 28.4. The number of pyridine rings is 1. The molecule has 0 radical (unpaired) electrons. The topological polar surface area (TPSA) is 124 Å². The van der Waals surface area contributed by atoms with Gasteiger partial charge in [-0.2, -0.15) is 0 Å². The second kappa shape index (κ2) is 11.3. The first-order chi connectivity index (χ1) is 18.3. The van der Waals surface area contributed by atoms with Crippen molar-refractivity contribution in [1.29, 1.82) is 0 Å². The number of nitrogens with zero attached hydrogens (tertiary/aromatic N) is 2. The van der Waals surface area contributed by atoms with Crippen LogP contribution in [-0.2, 0) is 16.2 Å². The molecule has 1 aliphatic rings. The summed E-state index contributed by atoms with van der Waals surface area (Å²) in [6.45, 7) is 10.6. The number of carboxylic acids is 1. The fourth-order valence-electron chi connectivity index (χ4n) is 3.93. The van der Waals surface area contributed by atoms with Gasteiger partial charge in [-0.25, -0.2) is 23.4 Å². The number of ether oxygens (including phenoxy) is 3. The van der Waals surface area contributed by atoms with Gasteiger partial charge in [0.05, 0.1) is 24.2 Å². The van der Waals surface area contributed by atoms with Crippen LogP contribution in [0, 0.1) is 17.0 Å². The highest BCUT2D eigenvalue weighted by Crippen LogP contribution is 2.36. The Labute approximate surface area is 225 Å². The van der Waals surface area contributed by atoms with Crippen LogP contribution in [0.1, 0.15) is 17.3 Å². The fourth-order valence-corrected chi connectivity index (χ4v) is 4.69. The lowest BCUT2D eigenvalue weighted by atomic mass is 9.89. The van der Waals surface area contributed by atoms with Crippen LogP contribution in [0.5, 0.6) is 11.5 Å². The largest absolute Gasteiger partial charge is 0.478 e. The Morgan fingerprint density at radius 2 is 1.92 bits per heavy atom. The van der Waals surface area contributed by atoms with E-state index in [1.165, 1.54) is 23.0 Å². The van der Waals surface area contributed by atoms with Gasteiger partial charge < -0.3 is 34.5 Å². The van der Waals surface area contributed by atoms with Crippen LogP contribution in [0.2, 0.25) is 25.7 Å². The van der Waals surface area contributed by atoms with Gasteiger partial charge in [-0.3, -0.25) is 0 Å². The molecule has 1 aromatic carbocycles. The van der Waals surface area contributed by atoms with Crippen molar-refractivity contribution in [1.82, 2.24) is 14.9 Å². The zero-order chi connectivity index (χ0) is 28.4. The number of rotatable bonds is 11. The van der Waals surface area contributed by atoms with E-state index in [4.69, 9.17) is 14.2 Å². The summed E-state index contributed by atoms with van der Waals surface area (Å²) in [6, 6.07) is 3.47. The Morgan fingerprint density at radius 3 is 2.51 bits per heavy atom. The average Bonchev–Trinajstić information content (AvgIpc) is 3.21. The van der Waals surface area contributed by atoms with Crippen molar-refractivity contribution in [2.75, 3.05) is 31.7 Å². The van der Waals surface area contributed by atoms with E-state index < -0.39 is 37.5 Å². The standard InChI is InChI=1S/C26H32F2N4O6Si/c1-26(13-37-14-26)12-30-25(35)31-16-9-18(27)22(19(28)10-16)38-20-5-6-29-23-21(20)17(24(33)34)11-32(23)15-36-7-8-39(2,3)4/h5-6,9-11H,7-8,12-15H2,1-4H3,(H,33,34)(H2,30,31,35). The number of aromatic nitrogens is 2. The summed E-state index contributed by atoms with van der Waals surface area (Å²) in [6.07, 6.45) is 2.71. The number of aromatic carboxylic acids is 1. The van der Waals surface area contributed by atoms with Crippen molar-refractivity contribution in [3.05, 3.63) is 47.8 Å². The van der Waals surface area contributed by atoms with E-state index in [1.54, 1.807) is 0 Å². The van der Waals surface area contributed by atoms with Crippen molar-refractivity contribution < 1.29 is 37.7 Å². The quantitative estimate of drug-likeness (QED) is 0.215. The highest BCUT2D eigenvalue weighted by molar-refractivity contribution is 6.76. The lowest BCUT2D eigenvalue weighted by Crippen LogP contribution is -2.49. The fraction of sp³-hybridized carbons (Fsp3) is 0.423. The van der Waals surface area contributed by atoms with Crippen molar-refractivity contribution in [2.45, 2.75) is 39.3 Å². The van der Waals surface area contributed by atoms with Gasteiger partial charge in [0.2, 0.25) is 0 Å². The molecule has 4 rings (SSSR count). The molecule has 0 saturated carbocycles. The Bertz CT molecular complexity index is 1360. The van der Waals surface area contributed by atoms with Gasteiger partial charge in [-0.1, -0.05) is 26.6 Å². The van der Waals surface area contributed by atoms with Crippen molar-refractivity contribution in [2.24, 2.45) is 5.41 Å². The molecule has 1 aliphatic heterocycles. The number of nitrogens with one attached hydrogen (secondary N) is 2. The number of hydrogen-bond donors (Lipinski definition) is 3. The number of urea groups is 1. The van der Waals surface area contributed by atoms with Crippen LogP contribution in [0.3, 0.4) is 0 Å². The summed E-state index contributed by atoms with van der Waals surface area (Å²) in [7, 11) is -1.32. The van der Waals surface area contributed by atoms with Crippen molar-refractivity contribution >= 4 is 36.8 Å². The molecule has 39 heavy (non-hydrogen) atoms. The van der Waals surface area contributed by atoms with Crippen LogP contribution < -0.4 is 15.4 Å². The zero-order valence-electron chi connectivity index (χ0n) is 22.3. The molecule has 0 atom stereocenters. The predicted molar refractivity (Wildman–Crippen MR) is 143 cm³/mol. The molecule has 1 fully saturated rings. The van der Waals surface area contributed by atoms with Crippen molar-refractivity contribution in [3.63, 3.8) is 0 Å². The third-order valence-corrected chi connectivity index (χ3v) is 7.93. The molecule has 3 aromatic rings. The Balaban J connectivity index is 1.53. The third kappa shape index (κ3) is 6.91. The maximum absolute atomic E-state index is 14.9. The normalized spacial score (nSPS) is 14.6. The number of anilines is 1. The van der Waals surface area contributed by atoms with E-state index in [0.717, 1.165) is 18.2 Å². The number of halogens is 2. The number of carbonyl (C=O) groups excluding carboxylic acids is 1.